The zero-order valence-corrected chi connectivity index (χ0v) is 18.2. The van der Waals surface area contributed by atoms with Gasteiger partial charge in [-0.05, 0) is 42.5 Å². The largest absolute Gasteiger partial charge is 0.492 e. The molecular weight excluding hydrogens is 411 g/mol. The van der Waals surface area contributed by atoms with Gasteiger partial charge in [-0.15, -0.1) is 0 Å². The first-order valence-electron chi connectivity index (χ1n) is 11.2. The number of likely N-dealkylation sites (tertiary alicyclic amines) is 1. The molecule has 0 N–H and O–H groups in total. The molecule has 7 heteroatoms. The summed E-state index contributed by atoms with van der Waals surface area (Å²) in [4.78, 5) is 29.0. The van der Waals surface area contributed by atoms with E-state index in [2.05, 4.69) is 0 Å². The van der Waals surface area contributed by atoms with Crippen LogP contribution in [-0.4, -0.2) is 67.6 Å². The molecule has 0 bridgehead atoms. The predicted octanol–water partition coefficient (Wildman–Crippen LogP) is 3.16. The summed E-state index contributed by atoms with van der Waals surface area (Å²) in [6, 6.07) is 13.8. The molecule has 0 aliphatic carbocycles. The van der Waals surface area contributed by atoms with Gasteiger partial charge in [0, 0.05) is 26.2 Å². The van der Waals surface area contributed by atoms with E-state index in [0.29, 0.717) is 68.8 Å². The van der Waals surface area contributed by atoms with E-state index in [1.54, 1.807) is 34.1 Å². The number of rotatable bonds is 6. The number of carbonyl (C=O) groups is 2. The van der Waals surface area contributed by atoms with Gasteiger partial charge < -0.3 is 19.3 Å². The van der Waals surface area contributed by atoms with Gasteiger partial charge in [-0.25, -0.2) is 4.39 Å². The van der Waals surface area contributed by atoms with Crippen LogP contribution in [0.3, 0.4) is 0 Å². The number of para-hydroxylation sites is 1. The van der Waals surface area contributed by atoms with Crippen molar-refractivity contribution < 1.29 is 23.5 Å². The van der Waals surface area contributed by atoms with E-state index in [4.69, 9.17) is 9.47 Å². The van der Waals surface area contributed by atoms with Crippen molar-refractivity contribution in [2.24, 2.45) is 5.92 Å². The van der Waals surface area contributed by atoms with Crippen LogP contribution in [0.5, 0.6) is 5.75 Å². The highest BCUT2D eigenvalue weighted by molar-refractivity contribution is 5.97. The lowest BCUT2D eigenvalue weighted by molar-refractivity contribution is -0.132. The highest BCUT2D eigenvalue weighted by Gasteiger charge is 2.25. The maximum absolute atomic E-state index is 13.8. The Morgan fingerprint density at radius 1 is 0.938 bits per heavy atom. The van der Waals surface area contributed by atoms with Crippen LogP contribution in [0.4, 0.5) is 4.39 Å². The van der Waals surface area contributed by atoms with Gasteiger partial charge in [0.2, 0.25) is 5.91 Å². The molecular formula is C25H29FN2O4. The summed E-state index contributed by atoms with van der Waals surface area (Å²) in [5, 5.41) is 0. The van der Waals surface area contributed by atoms with Crippen molar-refractivity contribution in [2.45, 2.75) is 19.3 Å². The lowest BCUT2D eigenvalue weighted by Gasteiger charge is -2.32. The number of halogens is 1. The molecule has 2 aliphatic heterocycles. The van der Waals surface area contributed by atoms with Crippen LogP contribution in [0.2, 0.25) is 0 Å². The molecule has 0 atom stereocenters. The predicted molar refractivity (Wildman–Crippen MR) is 118 cm³/mol. The molecule has 32 heavy (non-hydrogen) atoms. The van der Waals surface area contributed by atoms with Crippen LogP contribution in [-0.2, 0) is 16.0 Å². The highest BCUT2D eigenvalue weighted by atomic mass is 19.1. The summed E-state index contributed by atoms with van der Waals surface area (Å²) < 4.78 is 25.2. The van der Waals surface area contributed by atoms with E-state index in [0.717, 1.165) is 12.8 Å². The third-order valence-corrected chi connectivity index (χ3v) is 6.16. The molecule has 0 unspecified atom stereocenters. The molecule has 0 aromatic heterocycles. The average molecular weight is 441 g/mol. The molecule has 2 aliphatic rings. The number of benzene rings is 2. The summed E-state index contributed by atoms with van der Waals surface area (Å²) >= 11 is 0. The maximum atomic E-state index is 13.8. The Bertz CT molecular complexity index is 937. The molecule has 6 nitrogen and oxygen atoms in total. The minimum Gasteiger partial charge on any atom is -0.492 e. The first kappa shape index (κ1) is 22.3. The number of morpholine rings is 1. The maximum Gasteiger partial charge on any atom is 0.257 e. The van der Waals surface area contributed by atoms with Gasteiger partial charge in [-0.3, -0.25) is 9.59 Å². The number of piperidine rings is 1. The molecule has 2 aromatic carbocycles. The van der Waals surface area contributed by atoms with E-state index in [1.165, 1.54) is 6.07 Å². The van der Waals surface area contributed by atoms with Crippen molar-refractivity contribution in [1.82, 2.24) is 9.80 Å². The van der Waals surface area contributed by atoms with Gasteiger partial charge in [-0.2, -0.15) is 0 Å². The van der Waals surface area contributed by atoms with E-state index < -0.39 is 0 Å². The average Bonchev–Trinajstić information content (AvgIpc) is 2.85. The minimum atomic E-state index is -0.338. The molecule has 4 rings (SSSR count). The molecule has 2 fully saturated rings. The van der Waals surface area contributed by atoms with Crippen LogP contribution < -0.4 is 4.74 Å². The first-order chi connectivity index (χ1) is 15.6. The van der Waals surface area contributed by atoms with Crippen LogP contribution in [0.25, 0.3) is 0 Å². The number of hydrogen-bond donors (Lipinski definition) is 0. The number of amides is 2. The molecule has 0 saturated carbocycles. The Labute approximate surface area is 187 Å². The molecule has 2 amide bonds. The Hall–Kier alpha value is -2.93. The number of nitrogens with zero attached hydrogens (tertiary/aromatic N) is 2. The van der Waals surface area contributed by atoms with E-state index >= 15 is 0 Å². The van der Waals surface area contributed by atoms with Crippen molar-refractivity contribution in [3.63, 3.8) is 0 Å². The Kier molecular flexibility index (Phi) is 7.37. The van der Waals surface area contributed by atoms with Gasteiger partial charge >= 0.3 is 0 Å². The standard InChI is InChI=1S/C25H29FN2O4/c26-22-7-3-1-5-20(22)17-24(29)27-11-9-19(10-12-27)18-32-23-8-4-2-6-21(23)25(30)28-13-15-31-16-14-28/h1-8,19H,9-18H2. The van der Waals surface area contributed by atoms with Crippen LogP contribution in [0, 0.1) is 11.7 Å². The lowest BCUT2D eigenvalue weighted by Crippen LogP contribution is -2.41. The molecule has 2 heterocycles. The molecule has 2 aromatic rings. The zero-order valence-electron chi connectivity index (χ0n) is 18.2. The normalized spacial score (nSPS) is 17.3. The van der Waals surface area contributed by atoms with E-state index in [9.17, 15) is 14.0 Å². The van der Waals surface area contributed by atoms with Crippen LogP contribution >= 0.6 is 0 Å². The van der Waals surface area contributed by atoms with Gasteiger partial charge in [-0.1, -0.05) is 30.3 Å². The Morgan fingerprint density at radius 2 is 1.62 bits per heavy atom. The van der Waals surface area contributed by atoms with Crippen molar-refractivity contribution in [3.8, 4) is 5.75 Å². The second-order valence-corrected chi connectivity index (χ2v) is 8.30. The number of ether oxygens (including phenoxy) is 2. The van der Waals surface area contributed by atoms with E-state index in [1.807, 2.05) is 18.2 Å². The fourth-order valence-electron chi connectivity index (χ4n) is 4.18. The molecule has 170 valence electrons. The lowest BCUT2D eigenvalue weighted by atomic mass is 9.97. The van der Waals surface area contributed by atoms with Gasteiger partial charge in [0.05, 0.1) is 31.8 Å². The first-order valence-corrected chi connectivity index (χ1v) is 11.2. The minimum absolute atomic E-state index is 0.0301. The monoisotopic (exact) mass is 440 g/mol. The SMILES string of the molecule is O=C(Cc1ccccc1F)N1CCC(COc2ccccc2C(=O)N2CCOCC2)CC1. The van der Waals surface area contributed by atoms with Crippen molar-refractivity contribution in [3.05, 3.63) is 65.5 Å². The number of hydrogen-bond acceptors (Lipinski definition) is 4. The zero-order chi connectivity index (χ0) is 22.3. The van der Waals surface area contributed by atoms with Crippen molar-refractivity contribution in [1.29, 1.82) is 0 Å². The Balaban J connectivity index is 1.28. The molecule has 0 spiro atoms. The van der Waals surface area contributed by atoms with Crippen LogP contribution in [0.15, 0.2) is 48.5 Å². The fraction of sp³-hybridized carbons (Fsp3) is 0.440. The van der Waals surface area contributed by atoms with Gasteiger partial charge in [0.15, 0.2) is 0 Å². The third-order valence-electron chi connectivity index (χ3n) is 6.16. The summed E-state index contributed by atoms with van der Waals surface area (Å²) in [5.41, 5.74) is 1.01. The highest BCUT2D eigenvalue weighted by Crippen LogP contribution is 2.24. The van der Waals surface area contributed by atoms with Gasteiger partial charge in [0.25, 0.3) is 5.91 Å². The van der Waals surface area contributed by atoms with E-state index in [-0.39, 0.29) is 24.1 Å². The molecule has 2 saturated heterocycles. The summed E-state index contributed by atoms with van der Waals surface area (Å²) in [6.07, 6.45) is 1.73. The summed E-state index contributed by atoms with van der Waals surface area (Å²) in [6.45, 7) is 4.07. The quantitative estimate of drug-likeness (QED) is 0.693. The van der Waals surface area contributed by atoms with Crippen molar-refractivity contribution in [2.75, 3.05) is 46.0 Å². The van der Waals surface area contributed by atoms with Crippen molar-refractivity contribution >= 4 is 11.8 Å². The summed E-state index contributed by atoms with van der Waals surface area (Å²) in [5.74, 6) is 0.490. The fourth-order valence-corrected chi connectivity index (χ4v) is 4.18. The second kappa shape index (κ2) is 10.6. The topological polar surface area (TPSA) is 59.1 Å². The smallest absolute Gasteiger partial charge is 0.257 e. The molecule has 0 radical (unpaired) electrons. The second-order valence-electron chi connectivity index (χ2n) is 8.30. The number of carbonyl (C=O) groups excluding carboxylic acids is 2. The third kappa shape index (κ3) is 5.46. The summed E-state index contributed by atoms with van der Waals surface area (Å²) in [7, 11) is 0. The van der Waals surface area contributed by atoms with Crippen LogP contribution in [0.1, 0.15) is 28.8 Å². The Morgan fingerprint density at radius 3 is 2.38 bits per heavy atom. The van der Waals surface area contributed by atoms with Gasteiger partial charge in [0.1, 0.15) is 11.6 Å².